The van der Waals surface area contributed by atoms with Gasteiger partial charge in [-0.3, -0.25) is 14.9 Å². The second kappa shape index (κ2) is 15.3. The summed E-state index contributed by atoms with van der Waals surface area (Å²) in [6.45, 7) is 2.17. The topological polar surface area (TPSA) is 80.4 Å². The maximum absolute atomic E-state index is 11.0. The summed E-state index contributed by atoms with van der Waals surface area (Å²) in [5, 5.41) is 19.5. The zero-order valence-corrected chi connectivity index (χ0v) is 14.3. The lowest BCUT2D eigenvalue weighted by Crippen LogP contribution is -1.99. The highest BCUT2D eigenvalue weighted by Gasteiger charge is 2.08. The summed E-state index contributed by atoms with van der Waals surface area (Å²) >= 11 is 0. The minimum Gasteiger partial charge on any atom is -0.481 e. The molecule has 0 radical (unpaired) electrons. The van der Waals surface area contributed by atoms with E-state index in [0.717, 1.165) is 32.1 Å². The number of carboxylic acids is 1. The third-order valence-corrected chi connectivity index (χ3v) is 3.69. The molecule has 0 bridgehead atoms. The molecular formula is C18H31NO4. The van der Waals surface area contributed by atoms with Gasteiger partial charge in [-0.25, -0.2) is 0 Å². The molecule has 1 N–H and O–H groups in total. The van der Waals surface area contributed by atoms with E-state index in [-0.39, 0.29) is 11.3 Å². The molecule has 5 nitrogen and oxygen atoms in total. The molecule has 0 aromatic heterocycles. The fourth-order valence-corrected chi connectivity index (χ4v) is 2.31. The molecule has 5 heteroatoms. The number of allylic oxidation sites excluding steroid dienone is 4. The first-order valence-electron chi connectivity index (χ1n) is 8.78. The van der Waals surface area contributed by atoms with Crippen LogP contribution >= 0.6 is 0 Å². The van der Waals surface area contributed by atoms with Gasteiger partial charge in [0.05, 0.1) is 4.92 Å². The van der Waals surface area contributed by atoms with Crippen LogP contribution < -0.4 is 0 Å². The predicted octanol–water partition coefficient (Wildman–Crippen LogP) is 5.49. The first-order valence-corrected chi connectivity index (χ1v) is 8.78. The van der Waals surface area contributed by atoms with E-state index in [0.29, 0.717) is 25.0 Å². The molecule has 0 unspecified atom stereocenters. The number of rotatable bonds is 15. The standard InChI is InChI=1S/C18H31NO4/c1-2-3-4-5-6-8-11-14-17(19(22)23)15-12-9-7-10-13-16-18(20)21/h6,8,14H,2-5,7,9-13,15-16H2,1H3,(H,20,21). The molecule has 0 atom stereocenters. The van der Waals surface area contributed by atoms with Crippen molar-refractivity contribution in [2.24, 2.45) is 0 Å². The van der Waals surface area contributed by atoms with Crippen LogP contribution in [0.15, 0.2) is 23.9 Å². The van der Waals surface area contributed by atoms with Crippen LogP contribution in [0.3, 0.4) is 0 Å². The van der Waals surface area contributed by atoms with E-state index < -0.39 is 5.97 Å². The summed E-state index contributed by atoms with van der Waals surface area (Å²) in [6.07, 6.45) is 16.0. The van der Waals surface area contributed by atoms with Gasteiger partial charge in [0.2, 0.25) is 5.70 Å². The van der Waals surface area contributed by atoms with Crippen LogP contribution in [-0.2, 0) is 4.79 Å². The third-order valence-electron chi connectivity index (χ3n) is 3.69. The summed E-state index contributed by atoms with van der Waals surface area (Å²) in [5.41, 5.74) is 0.300. The van der Waals surface area contributed by atoms with E-state index >= 15 is 0 Å². The molecule has 0 saturated heterocycles. The highest BCUT2D eigenvalue weighted by Crippen LogP contribution is 2.13. The molecule has 0 heterocycles. The summed E-state index contributed by atoms with van der Waals surface area (Å²) in [4.78, 5) is 21.1. The van der Waals surface area contributed by atoms with E-state index in [2.05, 4.69) is 13.0 Å². The fraction of sp³-hybridized carbons (Fsp3) is 0.722. The van der Waals surface area contributed by atoms with Crippen molar-refractivity contribution in [1.29, 1.82) is 0 Å². The molecule has 0 fully saturated rings. The molecule has 23 heavy (non-hydrogen) atoms. The van der Waals surface area contributed by atoms with Crippen molar-refractivity contribution in [1.82, 2.24) is 0 Å². The number of aliphatic carboxylic acids is 1. The zero-order valence-electron chi connectivity index (χ0n) is 14.3. The highest BCUT2D eigenvalue weighted by atomic mass is 16.6. The normalized spacial score (nSPS) is 12.0. The van der Waals surface area contributed by atoms with Gasteiger partial charge < -0.3 is 5.11 Å². The average molecular weight is 325 g/mol. The van der Waals surface area contributed by atoms with Gasteiger partial charge in [0.25, 0.3) is 0 Å². The molecule has 0 aliphatic carbocycles. The molecule has 0 saturated carbocycles. The predicted molar refractivity (Wildman–Crippen MR) is 92.9 cm³/mol. The monoisotopic (exact) mass is 325 g/mol. The van der Waals surface area contributed by atoms with E-state index in [1.54, 1.807) is 6.08 Å². The van der Waals surface area contributed by atoms with Crippen LogP contribution in [-0.4, -0.2) is 16.0 Å². The number of hydrogen-bond acceptors (Lipinski definition) is 3. The summed E-state index contributed by atoms with van der Waals surface area (Å²) in [7, 11) is 0. The van der Waals surface area contributed by atoms with Gasteiger partial charge in [0.1, 0.15) is 0 Å². The maximum atomic E-state index is 11.0. The van der Waals surface area contributed by atoms with Crippen LogP contribution in [0.4, 0.5) is 0 Å². The van der Waals surface area contributed by atoms with Crippen LogP contribution in [0.25, 0.3) is 0 Å². The highest BCUT2D eigenvalue weighted by molar-refractivity contribution is 5.66. The zero-order chi connectivity index (χ0) is 17.3. The Morgan fingerprint density at radius 2 is 1.65 bits per heavy atom. The Morgan fingerprint density at radius 3 is 2.26 bits per heavy atom. The third kappa shape index (κ3) is 15.0. The molecule has 0 aromatic carbocycles. The molecule has 0 amide bonds. The van der Waals surface area contributed by atoms with Gasteiger partial charge in [0.15, 0.2) is 0 Å². The number of carboxylic acid groups (broad SMARTS) is 1. The van der Waals surface area contributed by atoms with E-state index in [9.17, 15) is 14.9 Å². The number of nitro groups is 1. The quantitative estimate of drug-likeness (QED) is 0.187. The number of hydrogen-bond donors (Lipinski definition) is 1. The minimum absolute atomic E-state index is 0.213. The van der Waals surface area contributed by atoms with Crippen molar-refractivity contribution in [3.63, 3.8) is 0 Å². The van der Waals surface area contributed by atoms with Crippen LogP contribution in [0.1, 0.15) is 84.0 Å². The Bertz CT molecular complexity index is 388. The Balaban J connectivity index is 3.82. The first kappa shape index (κ1) is 21.4. The molecule has 0 rings (SSSR count). The second-order valence-corrected chi connectivity index (χ2v) is 5.82. The van der Waals surface area contributed by atoms with Crippen LogP contribution in [0, 0.1) is 10.1 Å². The van der Waals surface area contributed by atoms with E-state index in [4.69, 9.17) is 5.11 Å². The summed E-state index contributed by atoms with van der Waals surface area (Å²) < 4.78 is 0. The van der Waals surface area contributed by atoms with E-state index in [1.165, 1.54) is 19.3 Å². The fourth-order valence-electron chi connectivity index (χ4n) is 2.31. The van der Waals surface area contributed by atoms with Crippen molar-refractivity contribution in [3.05, 3.63) is 34.0 Å². The summed E-state index contributed by atoms with van der Waals surface area (Å²) in [6, 6.07) is 0. The lowest BCUT2D eigenvalue weighted by molar-refractivity contribution is -0.428. The second-order valence-electron chi connectivity index (χ2n) is 5.82. The van der Waals surface area contributed by atoms with E-state index in [1.807, 2.05) is 6.08 Å². The van der Waals surface area contributed by atoms with Crippen LogP contribution in [0.2, 0.25) is 0 Å². The average Bonchev–Trinajstić information content (AvgIpc) is 2.50. The Labute approximate surface area is 139 Å². The molecule has 0 spiro atoms. The Hall–Kier alpha value is -1.65. The van der Waals surface area contributed by atoms with Crippen molar-refractivity contribution < 1.29 is 14.8 Å². The van der Waals surface area contributed by atoms with Gasteiger partial charge in [0, 0.05) is 12.8 Å². The molecular weight excluding hydrogens is 294 g/mol. The largest absolute Gasteiger partial charge is 0.481 e. The molecule has 132 valence electrons. The Kier molecular flexibility index (Phi) is 14.2. The number of carbonyl (C=O) groups is 1. The van der Waals surface area contributed by atoms with Gasteiger partial charge in [-0.05, 0) is 38.2 Å². The SMILES string of the molecule is CCCCCC=CCC=C(CCCCCCCC(=O)O)[N+](=O)[O-]. The van der Waals surface area contributed by atoms with Crippen molar-refractivity contribution in [2.75, 3.05) is 0 Å². The number of unbranched alkanes of at least 4 members (excludes halogenated alkanes) is 7. The van der Waals surface area contributed by atoms with Gasteiger partial charge in [-0.15, -0.1) is 0 Å². The Morgan fingerprint density at radius 1 is 1.00 bits per heavy atom. The summed E-state index contributed by atoms with van der Waals surface area (Å²) in [5.74, 6) is -0.758. The van der Waals surface area contributed by atoms with Gasteiger partial charge in [-0.1, -0.05) is 51.2 Å². The maximum Gasteiger partial charge on any atom is 0.303 e. The van der Waals surface area contributed by atoms with Gasteiger partial charge >= 0.3 is 5.97 Å². The molecule has 0 aliphatic heterocycles. The van der Waals surface area contributed by atoms with Crippen LogP contribution in [0.5, 0.6) is 0 Å². The smallest absolute Gasteiger partial charge is 0.303 e. The molecule has 0 aromatic rings. The lowest BCUT2D eigenvalue weighted by Gasteiger charge is -2.00. The van der Waals surface area contributed by atoms with Crippen molar-refractivity contribution in [2.45, 2.75) is 84.0 Å². The minimum atomic E-state index is -0.758. The molecule has 0 aliphatic rings. The van der Waals surface area contributed by atoms with Crippen molar-refractivity contribution >= 4 is 5.97 Å². The van der Waals surface area contributed by atoms with Gasteiger partial charge in [-0.2, -0.15) is 0 Å². The lowest BCUT2D eigenvalue weighted by atomic mass is 10.1. The number of nitrogens with zero attached hydrogens (tertiary/aromatic N) is 1. The first-order chi connectivity index (χ1) is 11.1. The van der Waals surface area contributed by atoms with Crippen molar-refractivity contribution in [3.8, 4) is 0 Å².